The number of likely N-dealkylation sites (tertiary alicyclic amines) is 1. The normalized spacial score (nSPS) is 20.7. The Kier molecular flexibility index (Phi) is 4.37. The number of hydrogen-bond donors (Lipinski definition) is 1. The summed E-state index contributed by atoms with van der Waals surface area (Å²) in [6.07, 6.45) is 3.28. The number of amides is 1. The molecule has 1 amide bonds. The van der Waals surface area contributed by atoms with Crippen LogP contribution in [0.1, 0.15) is 42.6 Å². The zero-order chi connectivity index (χ0) is 18.2. The van der Waals surface area contributed by atoms with Crippen molar-refractivity contribution in [1.82, 2.24) is 14.7 Å². The predicted molar refractivity (Wildman–Crippen MR) is 93.4 cm³/mol. The molecule has 0 spiro atoms. The number of carboxylic acids is 1. The minimum atomic E-state index is -0.866. The van der Waals surface area contributed by atoms with Crippen molar-refractivity contribution in [3.63, 3.8) is 0 Å². The van der Waals surface area contributed by atoms with Crippen LogP contribution in [0, 0.1) is 5.92 Å². The van der Waals surface area contributed by atoms with Crippen LogP contribution in [0.2, 0.25) is 0 Å². The Bertz CT molecular complexity index is 777. The van der Waals surface area contributed by atoms with Gasteiger partial charge in [-0.3, -0.25) is 14.3 Å². The lowest BCUT2D eigenvalue weighted by atomic mass is 9.89. The second-order valence-electron chi connectivity index (χ2n) is 7.52. The molecule has 0 bridgehead atoms. The summed E-state index contributed by atoms with van der Waals surface area (Å²) in [5, 5.41) is 13.8. The number of nitrogens with zero attached hydrogens (tertiary/aromatic N) is 3. The van der Waals surface area contributed by atoms with Crippen molar-refractivity contribution in [2.75, 3.05) is 13.1 Å². The van der Waals surface area contributed by atoms with E-state index in [9.17, 15) is 14.7 Å². The van der Waals surface area contributed by atoms with E-state index in [1.54, 1.807) is 22.0 Å². The van der Waals surface area contributed by atoms with Crippen LogP contribution in [-0.2, 0) is 10.3 Å². The number of aliphatic carboxylic acids is 1. The van der Waals surface area contributed by atoms with Crippen molar-refractivity contribution in [2.24, 2.45) is 5.92 Å². The van der Waals surface area contributed by atoms with Crippen LogP contribution >= 0.6 is 0 Å². The van der Waals surface area contributed by atoms with E-state index in [4.69, 9.17) is 0 Å². The van der Waals surface area contributed by atoms with Crippen LogP contribution < -0.4 is 0 Å². The smallest absolute Gasteiger partial charge is 0.308 e. The van der Waals surface area contributed by atoms with Crippen LogP contribution in [0.3, 0.4) is 0 Å². The van der Waals surface area contributed by atoms with Gasteiger partial charge in [-0.05, 0) is 26.3 Å². The molecule has 1 N–H and O–H groups in total. The molecule has 1 aliphatic heterocycles. The van der Waals surface area contributed by atoms with Crippen molar-refractivity contribution < 1.29 is 14.7 Å². The molecule has 1 aliphatic rings. The lowest BCUT2D eigenvalue weighted by Crippen LogP contribution is -2.30. The summed E-state index contributed by atoms with van der Waals surface area (Å²) in [7, 11) is 0. The first-order valence-corrected chi connectivity index (χ1v) is 8.39. The molecule has 1 aromatic heterocycles. The van der Waals surface area contributed by atoms with E-state index in [0.717, 1.165) is 5.56 Å². The van der Waals surface area contributed by atoms with Gasteiger partial charge in [0, 0.05) is 25.2 Å². The minimum Gasteiger partial charge on any atom is -0.481 e. The maximum atomic E-state index is 12.8. The van der Waals surface area contributed by atoms with Gasteiger partial charge in [0.1, 0.15) is 0 Å². The number of carbonyl (C=O) groups is 2. The third kappa shape index (κ3) is 3.43. The Balaban J connectivity index is 1.82. The lowest BCUT2D eigenvalue weighted by Gasteiger charge is -2.19. The third-order valence-corrected chi connectivity index (χ3v) is 4.67. The fourth-order valence-corrected chi connectivity index (χ4v) is 3.24. The van der Waals surface area contributed by atoms with E-state index < -0.39 is 11.9 Å². The number of carboxylic acid groups (broad SMARTS) is 1. The molecule has 25 heavy (non-hydrogen) atoms. The number of benzene rings is 1. The summed E-state index contributed by atoms with van der Waals surface area (Å²) in [6, 6.07) is 9.54. The summed E-state index contributed by atoms with van der Waals surface area (Å²) < 4.78 is 1.75. The zero-order valence-electron chi connectivity index (χ0n) is 14.7. The average molecular weight is 341 g/mol. The highest BCUT2D eigenvalue weighted by molar-refractivity contribution is 5.94. The van der Waals surface area contributed by atoms with Gasteiger partial charge in [-0.1, -0.05) is 30.3 Å². The van der Waals surface area contributed by atoms with Crippen LogP contribution in [0.4, 0.5) is 0 Å². The second-order valence-corrected chi connectivity index (χ2v) is 7.52. The van der Waals surface area contributed by atoms with Gasteiger partial charge < -0.3 is 10.0 Å². The molecule has 1 saturated heterocycles. The van der Waals surface area contributed by atoms with E-state index in [1.807, 2.05) is 51.1 Å². The molecule has 132 valence electrons. The van der Waals surface area contributed by atoms with Gasteiger partial charge in [-0.25, -0.2) is 0 Å². The molecule has 0 aliphatic carbocycles. The number of carbonyl (C=O) groups excluding carboxylic acids is 1. The second kappa shape index (κ2) is 6.35. The lowest BCUT2D eigenvalue weighted by molar-refractivity contribution is -0.141. The molecule has 0 radical (unpaired) electrons. The van der Waals surface area contributed by atoms with E-state index >= 15 is 0 Å². The Morgan fingerprint density at radius 3 is 2.40 bits per heavy atom. The Labute approximate surface area is 147 Å². The van der Waals surface area contributed by atoms with Crippen LogP contribution in [0.5, 0.6) is 0 Å². The Hall–Kier alpha value is -2.63. The van der Waals surface area contributed by atoms with E-state index in [-0.39, 0.29) is 23.9 Å². The molecule has 2 heterocycles. The first-order chi connectivity index (χ1) is 11.8. The zero-order valence-corrected chi connectivity index (χ0v) is 14.7. The summed E-state index contributed by atoms with van der Waals surface area (Å²) in [5.41, 5.74) is 1.24. The standard InChI is InChI=1S/C19H23N3O3/c1-19(2,3)22-10-14(9-20-22)17(23)21-11-15(16(12-21)18(24)25)13-7-5-4-6-8-13/h4-10,15-16H,11-12H2,1-3H3,(H,24,25). The maximum absolute atomic E-state index is 12.8. The summed E-state index contributed by atoms with van der Waals surface area (Å²) in [4.78, 5) is 26.1. The molecule has 6 heteroatoms. The van der Waals surface area contributed by atoms with E-state index in [2.05, 4.69) is 5.10 Å². The van der Waals surface area contributed by atoms with Crippen LogP contribution in [0.25, 0.3) is 0 Å². The van der Waals surface area contributed by atoms with Crippen molar-refractivity contribution >= 4 is 11.9 Å². The first kappa shape index (κ1) is 17.2. The van der Waals surface area contributed by atoms with Crippen molar-refractivity contribution in [3.8, 4) is 0 Å². The van der Waals surface area contributed by atoms with Gasteiger partial charge >= 0.3 is 5.97 Å². The average Bonchev–Trinajstić information content (AvgIpc) is 3.22. The third-order valence-electron chi connectivity index (χ3n) is 4.67. The highest BCUT2D eigenvalue weighted by Gasteiger charge is 2.40. The number of aromatic nitrogens is 2. The van der Waals surface area contributed by atoms with Gasteiger partial charge in [-0.2, -0.15) is 5.10 Å². The van der Waals surface area contributed by atoms with Gasteiger partial charge in [0.2, 0.25) is 0 Å². The van der Waals surface area contributed by atoms with Gasteiger partial charge in [0.05, 0.1) is 23.2 Å². The van der Waals surface area contributed by atoms with Gasteiger partial charge in [-0.15, -0.1) is 0 Å². The maximum Gasteiger partial charge on any atom is 0.308 e. The molecular formula is C19H23N3O3. The monoisotopic (exact) mass is 341 g/mol. The van der Waals surface area contributed by atoms with Gasteiger partial charge in [0.15, 0.2) is 0 Å². The van der Waals surface area contributed by atoms with E-state index in [0.29, 0.717) is 12.1 Å². The molecule has 2 aromatic rings. The molecule has 6 nitrogen and oxygen atoms in total. The fourth-order valence-electron chi connectivity index (χ4n) is 3.24. The molecule has 2 unspecified atom stereocenters. The molecular weight excluding hydrogens is 318 g/mol. The largest absolute Gasteiger partial charge is 0.481 e. The van der Waals surface area contributed by atoms with Crippen molar-refractivity contribution in [1.29, 1.82) is 0 Å². The molecule has 3 rings (SSSR count). The summed E-state index contributed by atoms with van der Waals surface area (Å²) in [5.74, 6) is -1.82. The summed E-state index contributed by atoms with van der Waals surface area (Å²) in [6.45, 7) is 6.65. The van der Waals surface area contributed by atoms with Crippen LogP contribution in [0.15, 0.2) is 42.7 Å². The molecule has 1 aromatic carbocycles. The number of hydrogen-bond acceptors (Lipinski definition) is 3. The quantitative estimate of drug-likeness (QED) is 0.931. The molecule has 1 fully saturated rings. The summed E-state index contributed by atoms with van der Waals surface area (Å²) >= 11 is 0. The molecule has 0 saturated carbocycles. The SMILES string of the molecule is CC(C)(C)n1cc(C(=O)N2CC(C(=O)O)C(c3ccccc3)C2)cn1. The highest BCUT2D eigenvalue weighted by Crippen LogP contribution is 2.33. The Morgan fingerprint density at radius 1 is 1.16 bits per heavy atom. The Morgan fingerprint density at radius 2 is 1.84 bits per heavy atom. The van der Waals surface area contributed by atoms with E-state index in [1.165, 1.54) is 0 Å². The van der Waals surface area contributed by atoms with Crippen molar-refractivity contribution in [2.45, 2.75) is 32.2 Å². The number of rotatable bonds is 3. The fraction of sp³-hybridized carbons (Fsp3) is 0.421. The molecule has 2 atom stereocenters. The topological polar surface area (TPSA) is 75.4 Å². The van der Waals surface area contributed by atoms with Crippen LogP contribution in [-0.4, -0.2) is 44.8 Å². The predicted octanol–water partition coefficient (Wildman–Crippen LogP) is 2.58. The first-order valence-electron chi connectivity index (χ1n) is 8.39. The van der Waals surface area contributed by atoms with Gasteiger partial charge in [0.25, 0.3) is 5.91 Å². The van der Waals surface area contributed by atoms with Crippen molar-refractivity contribution in [3.05, 3.63) is 53.9 Å². The minimum absolute atomic E-state index is 0.166. The highest BCUT2D eigenvalue weighted by atomic mass is 16.4.